The van der Waals surface area contributed by atoms with Gasteiger partial charge in [0.15, 0.2) is 0 Å². The van der Waals surface area contributed by atoms with Crippen LogP contribution in [0.5, 0.6) is 0 Å². The molecular weight excluding hydrogens is 373 g/mol. The molecule has 2 aliphatic heterocycles. The maximum atomic E-state index is 13.0. The van der Waals surface area contributed by atoms with Gasteiger partial charge in [-0.15, -0.1) is 6.58 Å². The first-order valence-electron chi connectivity index (χ1n) is 9.72. The number of nitrogens with zero attached hydrogens (tertiary/aromatic N) is 1. The lowest BCUT2D eigenvalue weighted by molar-refractivity contribution is 0.00578. The maximum Gasteiger partial charge on any atom is 0.487 e. The molecule has 7 heteroatoms. The van der Waals surface area contributed by atoms with Gasteiger partial charge in [0, 0.05) is 19.0 Å². The van der Waals surface area contributed by atoms with Gasteiger partial charge >= 0.3 is 7.12 Å². The lowest BCUT2D eigenvalue weighted by Crippen LogP contribution is -2.41. The van der Waals surface area contributed by atoms with Crippen LogP contribution in [-0.4, -0.2) is 44.1 Å². The van der Waals surface area contributed by atoms with Crippen LogP contribution < -0.4 is 0 Å². The third-order valence-corrected chi connectivity index (χ3v) is 7.97. The molecule has 1 aromatic carbocycles. The molecule has 0 aromatic heterocycles. The zero-order valence-electron chi connectivity index (χ0n) is 17.4. The summed E-state index contributed by atoms with van der Waals surface area (Å²) in [5.74, 6) is 1.94. The first kappa shape index (κ1) is 21.3. The van der Waals surface area contributed by atoms with Crippen molar-refractivity contribution in [3.05, 3.63) is 54.0 Å². The summed E-state index contributed by atoms with van der Waals surface area (Å²) >= 11 is 0. The zero-order valence-corrected chi connectivity index (χ0v) is 18.3. The Labute approximate surface area is 169 Å². The number of piperidine rings is 1. The molecule has 2 aliphatic rings. The smallest absolute Gasteiger partial charge is 0.400 e. The average molecular weight is 403 g/mol. The number of hydrogen-bond acceptors (Lipinski definition) is 4. The van der Waals surface area contributed by atoms with Crippen LogP contribution in [0, 0.1) is 12.8 Å². The van der Waals surface area contributed by atoms with Gasteiger partial charge in [-0.2, -0.15) is 4.31 Å². The summed E-state index contributed by atoms with van der Waals surface area (Å²) in [5, 5.41) is 0. The number of rotatable bonds is 4. The van der Waals surface area contributed by atoms with E-state index >= 15 is 0 Å². The molecule has 3 rings (SSSR count). The lowest BCUT2D eigenvalue weighted by atomic mass is 9.80. The summed E-state index contributed by atoms with van der Waals surface area (Å²) in [7, 11) is -3.94. The van der Waals surface area contributed by atoms with Crippen LogP contribution in [0.4, 0.5) is 0 Å². The monoisotopic (exact) mass is 403 g/mol. The fourth-order valence-corrected chi connectivity index (χ4v) is 4.98. The van der Waals surface area contributed by atoms with Gasteiger partial charge in [0.05, 0.1) is 16.1 Å². The first-order valence-corrected chi connectivity index (χ1v) is 11.2. The molecule has 2 heterocycles. The van der Waals surface area contributed by atoms with Crippen LogP contribution in [0.1, 0.15) is 39.7 Å². The number of hydrogen-bond donors (Lipinski definition) is 0. The Bertz CT molecular complexity index is 858. The summed E-state index contributed by atoms with van der Waals surface area (Å²) < 4.78 is 39.7. The molecule has 0 bridgehead atoms. The van der Waals surface area contributed by atoms with Gasteiger partial charge in [-0.25, -0.2) is 8.42 Å². The van der Waals surface area contributed by atoms with E-state index in [1.807, 2.05) is 58.8 Å². The van der Waals surface area contributed by atoms with E-state index in [9.17, 15) is 8.42 Å². The number of sulfonamides is 1. The fourth-order valence-electron chi connectivity index (χ4n) is 3.51. The van der Waals surface area contributed by atoms with Crippen molar-refractivity contribution in [3.63, 3.8) is 0 Å². The lowest BCUT2D eigenvalue weighted by Gasteiger charge is -2.33. The van der Waals surface area contributed by atoms with E-state index in [1.54, 1.807) is 16.4 Å². The van der Waals surface area contributed by atoms with Crippen molar-refractivity contribution in [2.24, 2.45) is 5.92 Å². The summed E-state index contributed by atoms with van der Waals surface area (Å²) in [6.07, 6.45) is 2.44. The van der Waals surface area contributed by atoms with Crippen molar-refractivity contribution >= 4 is 17.1 Å². The van der Waals surface area contributed by atoms with Crippen molar-refractivity contribution < 1.29 is 17.7 Å². The standard InChI is InChI=1S/C21H30BNO4S/c1-7-17-15-23(28(24,25)19-10-8-16(2)9-11-19)13-12-18(17)14-22-26-20(3,4)21(5,6)27-22/h7-11,14,17H,1,12-13,15H2,2-6H3/b18-14-. The Morgan fingerprint density at radius 2 is 1.71 bits per heavy atom. The summed E-state index contributed by atoms with van der Waals surface area (Å²) in [4.78, 5) is 0.333. The van der Waals surface area contributed by atoms with E-state index < -0.39 is 28.3 Å². The molecule has 1 aromatic rings. The van der Waals surface area contributed by atoms with Crippen molar-refractivity contribution in [2.45, 2.75) is 57.1 Å². The minimum absolute atomic E-state index is 0.0620. The summed E-state index contributed by atoms with van der Waals surface area (Å²) in [6.45, 7) is 14.8. The quantitative estimate of drug-likeness (QED) is 0.568. The van der Waals surface area contributed by atoms with Gasteiger partial charge in [-0.1, -0.05) is 35.3 Å². The van der Waals surface area contributed by atoms with Crippen molar-refractivity contribution in [1.82, 2.24) is 4.31 Å². The highest BCUT2D eigenvalue weighted by atomic mass is 32.2. The molecule has 152 valence electrons. The minimum atomic E-state index is -3.51. The van der Waals surface area contributed by atoms with Gasteiger partial charge in [-0.3, -0.25) is 0 Å². The molecule has 1 unspecified atom stereocenters. The highest BCUT2D eigenvalue weighted by Gasteiger charge is 2.50. The van der Waals surface area contributed by atoms with E-state index in [0.717, 1.165) is 11.1 Å². The Morgan fingerprint density at radius 3 is 2.25 bits per heavy atom. The molecule has 0 N–H and O–H groups in total. The fraction of sp³-hybridized carbons (Fsp3) is 0.524. The van der Waals surface area contributed by atoms with Crippen LogP contribution in [-0.2, 0) is 19.3 Å². The Balaban J connectivity index is 1.77. The van der Waals surface area contributed by atoms with Crippen LogP contribution in [0.25, 0.3) is 0 Å². The molecule has 5 nitrogen and oxygen atoms in total. The van der Waals surface area contributed by atoms with Crippen LogP contribution >= 0.6 is 0 Å². The Kier molecular flexibility index (Phi) is 5.67. The Morgan fingerprint density at radius 1 is 1.14 bits per heavy atom. The number of aryl methyl sites for hydroxylation is 1. The maximum absolute atomic E-state index is 13.0. The third-order valence-electron chi connectivity index (χ3n) is 6.09. The second-order valence-corrected chi connectivity index (χ2v) is 10.6. The molecule has 0 aliphatic carbocycles. The zero-order chi connectivity index (χ0) is 20.7. The van der Waals surface area contributed by atoms with E-state index in [-0.39, 0.29) is 5.92 Å². The normalized spacial score (nSPS) is 26.5. The van der Waals surface area contributed by atoms with Gasteiger partial charge in [0.1, 0.15) is 0 Å². The molecule has 2 fully saturated rings. The predicted molar refractivity (Wildman–Crippen MR) is 112 cm³/mol. The van der Waals surface area contributed by atoms with E-state index in [0.29, 0.717) is 24.4 Å². The van der Waals surface area contributed by atoms with E-state index in [1.165, 1.54) is 0 Å². The highest BCUT2D eigenvalue weighted by Crippen LogP contribution is 2.38. The molecule has 0 radical (unpaired) electrons. The highest BCUT2D eigenvalue weighted by molar-refractivity contribution is 7.89. The van der Waals surface area contributed by atoms with Crippen molar-refractivity contribution in [2.75, 3.05) is 13.1 Å². The topological polar surface area (TPSA) is 55.8 Å². The largest absolute Gasteiger partial charge is 0.487 e. The first-order chi connectivity index (χ1) is 13.0. The van der Waals surface area contributed by atoms with E-state index in [2.05, 4.69) is 6.58 Å². The molecule has 28 heavy (non-hydrogen) atoms. The average Bonchev–Trinajstić information content (AvgIpc) is 2.82. The van der Waals surface area contributed by atoms with Gasteiger partial charge in [0.25, 0.3) is 0 Å². The van der Waals surface area contributed by atoms with Gasteiger partial charge < -0.3 is 9.31 Å². The second kappa shape index (κ2) is 7.45. The SMILES string of the molecule is C=CC1CN(S(=O)(=O)c2ccc(C)cc2)CC/C1=C/B1OC(C)(C)C(C)(C)O1. The van der Waals surface area contributed by atoms with Crippen LogP contribution in [0.15, 0.2) is 53.4 Å². The molecule has 2 saturated heterocycles. The molecular formula is C21H30BNO4S. The minimum Gasteiger partial charge on any atom is -0.400 e. The Hall–Kier alpha value is -1.41. The van der Waals surface area contributed by atoms with Crippen LogP contribution in [0.3, 0.4) is 0 Å². The number of benzene rings is 1. The van der Waals surface area contributed by atoms with Crippen LogP contribution in [0.2, 0.25) is 0 Å². The molecule has 1 atom stereocenters. The third kappa shape index (κ3) is 3.99. The second-order valence-electron chi connectivity index (χ2n) is 8.63. The molecule has 0 saturated carbocycles. The van der Waals surface area contributed by atoms with Gasteiger partial charge in [-0.05, 0) is 53.2 Å². The van der Waals surface area contributed by atoms with Crippen molar-refractivity contribution in [1.29, 1.82) is 0 Å². The van der Waals surface area contributed by atoms with Gasteiger partial charge in [0.2, 0.25) is 10.0 Å². The summed E-state index contributed by atoms with van der Waals surface area (Å²) in [6, 6.07) is 6.99. The molecule has 0 spiro atoms. The predicted octanol–water partition coefficient (Wildman–Crippen LogP) is 3.75. The van der Waals surface area contributed by atoms with E-state index in [4.69, 9.17) is 9.31 Å². The summed E-state index contributed by atoms with van der Waals surface area (Å²) in [5.41, 5.74) is 1.36. The molecule has 0 amide bonds. The van der Waals surface area contributed by atoms with Crippen molar-refractivity contribution in [3.8, 4) is 0 Å².